The molecule has 0 bridgehead atoms. The number of benzene rings is 1. The predicted octanol–water partition coefficient (Wildman–Crippen LogP) is 2.79. The van der Waals surface area contributed by atoms with Gasteiger partial charge < -0.3 is 9.80 Å². The van der Waals surface area contributed by atoms with E-state index in [2.05, 4.69) is 0 Å². The first kappa shape index (κ1) is 17.3. The lowest BCUT2D eigenvalue weighted by Gasteiger charge is -2.23. The van der Waals surface area contributed by atoms with Crippen LogP contribution >= 0.6 is 0 Å². The average molecular weight is 328 g/mol. The lowest BCUT2D eigenvalue weighted by Crippen LogP contribution is -2.37. The molecule has 1 aliphatic heterocycles. The van der Waals surface area contributed by atoms with Crippen LogP contribution in [0.25, 0.3) is 0 Å². The largest absolute Gasteiger partial charge is 0.417 e. The van der Waals surface area contributed by atoms with Gasteiger partial charge in [0.05, 0.1) is 11.1 Å². The molecule has 1 saturated heterocycles. The van der Waals surface area contributed by atoms with Crippen molar-refractivity contribution in [2.75, 3.05) is 26.2 Å². The summed E-state index contributed by atoms with van der Waals surface area (Å²) in [6.45, 7) is 3.23. The topological polar surface area (TPSA) is 40.6 Å². The van der Waals surface area contributed by atoms with Gasteiger partial charge >= 0.3 is 6.18 Å². The second-order valence-electron chi connectivity index (χ2n) is 5.42. The van der Waals surface area contributed by atoms with Crippen LogP contribution in [0.15, 0.2) is 24.3 Å². The van der Waals surface area contributed by atoms with Gasteiger partial charge in [0.15, 0.2) is 0 Å². The van der Waals surface area contributed by atoms with Crippen LogP contribution in [-0.2, 0) is 11.0 Å². The van der Waals surface area contributed by atoms with Crippen molar-refractivity contribution in [1.29, 1.82) is 0 Å². The van der Waals surface area contributed by atoms with E-state index in [1.165, 1.54) is 23.1 Å². The molecule has 1 aromatic rings. The Morgan fingerprint density at radius 2 is 1.65 bits per heavy atom. The van der Waals surface area contributed by atoms with Crippen LogP contribution < -0.4 is 0 Å². The van der Waals surface area contributed by atoms with Crippen LogP contribution in [0.2, 0.25) is 0 Å². The van der Waals surface area contributed by atoms with Gasteiger partial charge in [0.25, 0.3) is 5.91 Å². The van der Waals surface area contributed by atoms with E-state index in [1.54, 1.807) is 11.8 Å². The summed E-state index contributed by atoms with van der Waals surface area (Å²) in [5, 5.41) is 0. The predicted molar refractivity (Wildman–Crippen MR) is 78.8 cm³/mol. The van der Waals surface area contributed by atoms with E-state index in [1.807, 2.05) is 0 Å². The zero-order valence-corrected chi connectivity index (χ0v) is 12.9. The number of carbonyl (C=O) groups is 2. The van der Waals surface area contributed by atoms with Crippen molar-refractivity contribution in [2.24, 2.45) is 0 Å². The van der Waals surface area contributed by atoms with Gasteiger partial charge in [-0.1, -0.05) is 19.1 Å². The fourth-order valence-electron chi connectivity index (χ4n) is 2.68. The van der Waals surface area contributed by atoms with Crippen LogP contribution in [0.1, 0.15) is 35.7 Å². The summed E-state index contributed by atoms with van der Waals surface area (Å²) < 4.78 is 39.1. The van der Waals surface area contributed by atoms with Crippen molar-refractivity contribution in [3.05, 3.63) is 35.4 Å². The Hall–Kier alpha value is -2.05. The number of carbonyl (C=O) groups excluding carboxylic acids is 2. The molecule has 0 spiro atoms. The Balaban J connectivity index is 2.17. The molecular formula is C16H19F3N2O2. The van der Waals surface area contributed by atoms with E-state index < -0.39 is 17.6 Å². The highest BCUT2D eigenvalue weighted by molar-refractivity contribution is 5.96. The van der Waals surface area contributed by atoms with E-state index >= 15 is 0 Å². The number of halogens is 3. The van der Waals surface area contributed by atoms with Gasteiger partial charge in [-0.2, -0.15) is 13.2 Å². The molecule has 23 heavy (non-hydrogen) atoms. The van der Waals surface area contributed by atoms with Crippen molar-refractivity contribution in [1.82, 2.24) is 9.80 Å². The quantitative estimate of drug-likeness (QED) is 0.838. The first-order valence-corrected chi connectivity index (χ1v) is 7.58. The summed E-state index contributed by atoms with van der Waals surface area (Å²) in [5.41, 5.74) is -1.26. The smallest absolute Gasteiger partial charge is 0.341 e. The highest BCUT2D eigenvalue weighted by Gasteiger charge is 2.36. The van der Waals surface area contributed by atoms with E-state index in [0.29, 0.717) is 32.5 Å². The molecule has 1 fully saturated rings. The normalized spacial score (nSPS) is 16.2. The van der Waals surface area contributed by atoms with Crippen molar-refractivity contribution in [3.8, 4) is 0 Å². The van der Waals surface area contributed by atoms with Gasteiger partial charge in [0.2, 0.25) is 5.91 Å². The van der Waals surface area contributed by atoms with E-state index in [9.17, 15) is 22.8 Å². The van der Waals surface area contributed by atoms with Crippen molar-refractivity contribution < 1.29 is 22.8 Å². The third-order valence-corrected chi connectivity index (χ3v) is 3.90. The van der Waals surface area contributed by atoms with Crippen LogP contribution in [0.5, 0.6) is 0 Å². The number of rotatable bonds is 2. The Morgan fingerprint density at radius 3 is 2.30 bits per heavy atom. The first-order valence-electron chi connectivity index (χ1n) is 7.58. The van der Waals surface area contributed by atoms with Gasteiger partial charge in [-0.25, -0.2) is 0 Å². The molecule has 0 atom stereocenters. The number of hydrogen-bond acceptors (Lipinski definition) is 2. The minimum Gasteiger partial charge on any atom is -0.341 e. The Kier molecular flexibility index (Phi) is 5.28. The summed E-state index contributed by atoms with van der Waals surface area (Å²) in [6, 6.07) is 4.81. The second kappa shape index (κ2) is 7.02. The number of hydrogen-bond donors (Lipinski definition) is 0. The molecule has 0 aliphatic carbocycles. The van der Waals surface area contributed by atoms with Gasteiger partial charge in [0, 0.05) is 32.6 Å². The molecule has 1 aliphatic rings. The molecule has 7 heteroatoms. The Bertz CT molecular complexity index is 587. The summed E-state index contributed by atoms with van der Waals surface area (Å²) in [6.07, 6.45) is -3.63. The lowest BCUT2D eigenvalue weighted by molar-refractivity contribution is -0.138. The molecule has 2 amide bonds. The second-order valence-corrected chi connectivity index (χ2v) is 5.42. The van der Waals surface area contributed by atoms with Gasteiger partial charge in [-0.05, 0) is 18.6 Å². The van der Waals surface area contributed by atoms with Gasteiger partial charge in [0.1, 0.15) is 0 Å². The Labute approximate surface area is 132 Å². The molecular weight excluding hydrogens is 309 g/mol. The number of nitrogens with zero attached hydrogens (tertiary/aromatic N) is 2. The first-order chi connectivity index (χ1) is 10.8. The van der Waals surface area contributed by atoms with Crippen molar-refractivity contribution in [2.45, 2.75) is 25.9 Å². The molecule has 0 N–H and O–H groups in total. The third-order valence-electron chi connectivity index (χ3n) is 3.90. The maximum atomic E-state index is 13.0. The zero-order chi connectivity index (χ0) is 17.0. The molecule has 1 heterocycles. The highest BCUT2D eigenvalue weighted by Crippen LogP contribution is 2.32. The fourth-order valence-corrected chi connectivity index (χ4v) is 2.68. The van der Waals surface area contributed by atoms with Crippen molar-refractivity contribution in [3.63, 3.8) is 0 Å². The van der Waals surface area contributed by atoms with Crippen LogP contribution in [0.4, 0.5) is 13.2 Å². The minimum atomic E-state index is -4.57. The van der Waals surface area contributed by atoms with E-state index in [0.717, 1.165) is 6.07 Å². The molecule has 1 aromatic carbocycles. The SMILES string of the molecule is CCC(=O)N1CCCN(C(=O)c2ccccc2C(F)(F)F)CC1. The zero-order valence-electron chi connectivity index (χ0n) is 12.9. The molecule has 2 rings (SSSR count). The van der Waals surface area contributed by atoms with Crippen LogP contribution in [-0.4, -0.2) is 47.8 Å². The van der Waals surface area contributed by atoms with E-state index in [-0.39, 0.29) is 18.0 Å². The molecule has 0 saturated carbocycles. The van der Waals surface area contributed by atoms with Crippen LogP contribution in [0.3, 0.4) is 0 Å². The van der Waals surface area contributed by atoms with Crippen LogP contribution in [0, 0.1) is 0 Å². The van der Waals surface area contributed by atoms with Crippen molar-refractivity contribution >= 4 is 11.8 Å². The number of amides is 2. The summed E-state index contributed by atoms with van der Waals surface area (Å²) in [7, 11) is 0. The average Bonchev–Trinajstić information content (AvgIpc) is 2.78. The molecule has 0 radical (unpaired) electrons. The minimum absolute atomic E-state index is 0.00464. The van der Waals surface area contributed by atoms with E-state index in [4.69, 9.17) is 0 Å². The summed E-state index contributed by atoms with van der Waals surface area (Å²) >= 11 is 0. The molecule has 0 unspecified atom stereocenters. The monoisotopic (exact) mass is 328 g/mol. The number of alkyl halides is 3. The van der Waals surface area contributed by atoms with Gasteiger partial charge in [-0.3, -0.25) is 9.59 Å². The van der Waals surface area contributed by atoms with Gasteiger partial charge in [-0.15, -0.1) is 0 Å². The third kappa shape index (κ3) is 4.03. The molecule has 4 nitrogen and oxygen atoms in total. The maximum absolute atomic E-state index is 13.0. The summed E-state index contributed by atoms with van der Waals surface area (Å²) in [5.74, 6) is -0.640. The summed E-state index contributed by atoms with van der Waals surface area (Å²) in [4.78, 5) is 27.3. The molecule has 0 aromatic heterocycles. The fraction of sp³-hybridized carbons (Fsp3) is 0.500. The molecule has 126 valence electrons. The Morgan fingerprint density at radius 1 is 1.04 bits per heavy atom. The highest BCUT2D eigenvalue weighted by atomic mass is 19.4. The maximum Gasteiger partial charge on any atom is 0.417 e. The lowest BCUT2D eigenvalue weighted by atomic mass is 10.1. The standard InChI is InChI=1S/C16H19F3N2O2/c1-2-14(22)20-8-5-9-21(11-10-20)15(23)12-6-3-4-7-13(12)16(17,18)19/h3-4,6-7H,2,5,8-11H2,1H3.